The van der Waals surface area contributed by atoms with Crippen molar-refractivity contribution in [1.82, 2.24) is 9.78 Å². The summed E-state index contributed by atoms with van der Waals surface area (Å²) in [7, 11) is 0. The van der Waals surface area contributed by atoms with E-state index in [-0.39, 0.29) is 0 Å². The number of hydrogen-bond donors (Lipinski definition) is 0. The summed E-state index contributed by atoms with van der Waals surface area (Å²) in [6, 6.07) is 2.17. The number of alkyl halides is 1. The van der Waals surface area contributed by atoms with Crippen molar-refractivity contribution >= 4 is 11.6 Å². The molecule has 0 N–H and O–H groups in total. The van der Waals surface area contributed by atoms with E-state index in [1.807, 2.05) is 6.92 Å². The molecule has 1 rings (SSSR count). The predicted molar refractivity (Wildman–Crippen MR) is 70.1 cm³/mol. The van der Waals surface area contributed by atoms with Crippen molar-refractivity contribution < 1.29 is 0 Å². The van der Waals surface area contributed by atoms with Crippen LogP contribution in [0.3, 0.4) is 0 Å². The molecule has 0 aromatic carbocycles. The normalized spacial score (nSPS) is 13.4. The lowest BCUT2D eigenvalue weighted by Crippen LogP contribution is -2.08. The molecule has 0 radical (unpaired) electrons. The van der Waals surface area contributed by atoms with E-state index in [2.05, 4.69) is 36.6 Å². The summed E-state index contributed by atoms with van der Waals surface area (Å²) in [5.74, 6) is 0.681. The Hall–Kier alpha value is -0.500. The Morgan fingerprint density at radius 2 is 2.12 bits per heavy atom. The smallest absolute Gasteiger partial charge is 0.0596 e. The Bertz CT molecular complexity index is 318. The summed E-state index contributed by atoms with van der Waals surface area (Å²) in [5, 5.41) is 4.73. The third kappa shape index (κ3) is 4.17. The topological polar surface area (TPSA) is 17.8 Å². The molecule has 0 fully saturated rings. The Balaban J connectivity index is 2.47. The monoisotopic (exact) mass is 242 g/mol. The molecule has 0 bridgehead atoms. The molecule has 1 aromatic heterocycles. The molecule has 1 atom stereocenters. The van der Waals surface area contributed by atoms with Crippen LogP contribution in [0.25, 0.3) is 0 Å². The van der Waals surface area contributed by atoms with E-state index in [4.69, 9.17) is 11.6 Å². The van der Waals surface area contributed by atoms with Crippen LogP contribution in [-0.2, 0) is 13.0 Å². The molecule has 2 nitrogen and oxygen atoms in total. The van der Waals surface area contributed by atoms with Crippen LogP contribution in [0.15, 0.2) is 6.07 Å². The van der Waals surface area contributed by atoms with Gasteiger partial charge in [0, 0.05) is 17.6 Å². The highest BCUT2D eigenvalue weighted by molar-refractivity contribution is 6.20. The largest absolute Gasteiger partial charge is 0.270 e. The van der Waals surface area contributed by atoms with Gasteiger partial charge in [-0.2, -0.15) is 5.10 Å². The molecule has 0 aliphatic heterocycles. The van der Waals surface area contributed by atoms with E-state index < -0.39 is 0 Å². The van der Waals surface area contributed by atoms with Gasteiger partial charge in [-0.25, -0.2) is 0 Å². The Morgan fingerprint density at radius 1 is 1.44 bits per heavy atom. The van der Waals surface area contributed by atoms with Gasteiger partial charge in [-0.05, 0) is 45.1 Å². The van der Waals surface area contributed by atoms with Gasteiger partial charge < -0.3 is 0 Å². The second-order valence-electron chi connectivity index (χ2n) is 4.86. The number of hydrogen-bond acceptors (Lipinski definition) is 1. The van der Waals surface area contributed by atoms with E-state index in [0.717, 1.165) is 31.5 Å². The first-order valence-electron chi connectivity index (χ1n) is 6.20. The minimum atomic E-state index is 0.292. The van der Waals surface area contributed by atoms with Crippen LogP contribution in [-0.4, -0.2) is 15.2 Å². The van der Waals surface area contributed by atoms with Crippen molar-refractivity contribution in [2.24, 2.45) is 5.92 Å². The van der Waals surface area contributed by atoms with Gasteiger partial charge in [0.1, 0.15) is 0 Å². The first-order chi connectivity index (χ1) is 7.52. The van der Waals surface area contributed by atoms with Gasteiger partial charge in [0.15, 0.2) is 0 Å². The van der Waals surface area contributed by atoms with Crippen molar-refractivity contribution in [2.45, 2.75) is 58.9 Å². The number of aryl methyl sites for hydroxylation is 3. The number of nitrogens with zero attached hydrogens (tertiary/aromatic N) is 2. The lowest BCUT2D eigenvalue weighted by Gasteiger charge is -2.12. The zero-order chi connectivity index (χ0) is 12.1. The first kappa shape index (κ1) is 13.6. The Morgan fingerprint density at radius 3 is 2.69 bits per heavy atom. The maximum absolute atomic E-state index is 6.30. The van der Waals surface area contributed by atoms with Crippen LogP contribution in [0.4, 0.5) is 0 Å². The van der Waals surface area contributed by atoms with Gasteiger partial charge in [0.25, 0.3) is 0 Å². The lowest BCUT2D eigenvalue weighted by molar-refractivity contribution is 0.532. The average molecular weight is 243 g/mol. The van der Waals surface area contributed by atoms with Crippen LogP contribution in [0.5, 0.6) is 0 Å². The third-order valence-electron chi connectivity index (χ3n) is 2.73. The van der Waals surface area contributed by atoms with Gasteiger partial charge in [-0.15, -0.1) is 11.6 Å². The molecule has 1 unspecified atom stereocenters. The molecule has 0 aliphatic rings. The van der Waals surface area contributed by atoms with Crippen molar-refractivity contribution in [3.05, 3.63) is 17.5 Å². The molecule has 0 aliphatic carbocycles. The van der Waals surface area contributed by atoms with Gasteiger partial charge in [0.2, 0.25) is 0 Å². The Labute approximate surface area is 104 Å². The molecule has 0 saturated heterocycles. The maximum atomic E-state index is 6.30. The molecule has 0 spiro atoms. The highest BCUT2D eigenvalue weighted by atomic mass is 35.5. The van der Waals surface area contributed by atoms with Crippen LogP contribution >= 0.6 is 11.6 Å². The molecule has 92 valence electrons. The fraction of sp³-hybridized carbons (Fsp3) is 0.769. The summed E-state index contributed by atoms with van der Waals surface area (Å²) in [4.78, 5) is 0. The minimum absolute atomic E-state index is 0.292. The average Bonchev–Trinajstić information content (AvgIpc) is 2.55. The standard InChI is InChI=1S/C13H23ClN2/c1-5-16-13(9-11(4)15-16)7-6-12(14)8-10(2)3/h9-10,12H,5-8H2,1-4H3. The van der Waals surface area contributed by atoms with Crippen LogP contribution in [0.1, 0.15) is 45.0 Å². The van der Waals surface area contributed by atoms with Crippen LogP contribution in [0.2, 0.25) is 0 Å². The van der Waals surface area contributed by atoms with Gasteiger partial charge in [-0.1, -0.05) is 13.8 Å². The zero-order valence-corrected chi connectivity index (χ0v) is 11.6. The molecule has 1 aromatic rings. The summed E-state index contributed by atoms with van der Waals surface area (Å²) in [6.07, 6.45) is 3.18. The molecular weight excluding hydrogens is 220 g/mol. The summed E-state index contributed by atoms with van der Waals surface area (Å²) < 4.78 is 2.08. The van der Waals surface area contributed by atoms with Gasteiger partial charge in [-0.3, -0.25) is 4.68 Å². The fourth-order valence-electron chi connectivity index (χ4n) is 2.01. The van der Waals surface area contributed by atoms with E-state index in [0.29, 0.717) is 11.3 Å². The highest BCUT2D eigenvalue weighted by Gasteiger charge is 2.10. The molecule has 16 heavy (non-hydrogen) atoms. The van der Waals surface area contributed by atoms with E-state index in [1.54, 1.807) is 0 Å². The SMILES string of the molecule is CCn1nc(C)cc1CCC(Cl)CC(C)C. The quantitative estimate of drug-likeness (QED) is 0.694. The second kappa shape index (κ2) is 6.29. The molecule has 0 amide bonds. The van der Waals surface area contributed by atoms with Gasteiger partial charge in [0.05, 0.1) is 5.69 Å². The number of rotatable bonds is 6. The van der Waals surface area contributed by atoms with E-state index in [1.165, 1.54) is 5.69 Å². The summed E-state index contributed by atoms with van der Waals surface area (Å²) in [5.41, 5.74) is 2.42. The van der Waals surface area contributed by atoms with E-state index in [9.17, 15) is 0 Å². The maximum Gasteiger partial charge on any atom is 0.0596 e. The molecular formula is C13H23ClN2. The van der Waals surface area contributed by atoms with E-state index >= 15 is 0 Å². The fourth-order valence-corrected chi connectivity index (χ4v) is 2.47. The third-order valence-corrected chi connectivity index (χ3v) is 3.12. The summed E-state index contributed by atoms with van der Waals surface area (Å²) >= 11 is 6.30. The number of aromatic nitrogens is 2. The molecule has 3 heteroatoms. The first-order valence-corrected chi connectivity index (χ1v) is 6.64. The van der Waals surface area contributed by atoms with Crippen LogP contribution < -0.4 is 0 Å². The second-order valence-corrected chi connectivity index (χ2v) is 5.48. The minimum Gasteiger partial charge on any atom is -0.270 e. The van der Waals surface area contributed by atoms with Gasteiger partial charge >= 0.3 is 0 Å². The highest BCUT2D eigenvalue weighted by Crippen LogP contribution is 2.17. The summed E-state index contributed by atoms with van der Waals surface area (Å²) in [6.45, 7) is 9.55. The van der Waals surface area contributed by atoms with Crippen molar-refractivity contribution in [2.75, 3.05) is 0 Å². The number of halogens is 1. The molecule has 0 saturated carbocycles. The lowest BCUT2D eigenvalue weighted by atomic mass is 10.0. The van der Waals surface area contributed by atoms with Crippen molar-refractivity contribution in [3.8, 4) is 0 Å². The van der Waals surface area contributed by atoms with Crippen molar-refractivity contribution in [1.29, 1.82) is 0 Å². The molecule has 1 heterocycles. The van der Waals surface area contributed by atoms with Crippen molar-refractivity contribution in [3.63, 3.8) is 0 Å². The Kier molecular flexibility index (Phi) is 5.33. The zero-order valence-electron chi connectivity index (χ0n) is 10.8. The predicted octanol–water partition coefficient (Wildman–Crippen LogP) is 3.80. The van der Waals surface area contributed by atoms with Crippen LogP contribution in [0, 0.1) is 12.8 Å².